The first-order chi connectivity index (χ1) is 11.4. The van der Waals surface area contributed by atoms with E-state index in [1.54, 1.807) is 12.1 Å². The number of carbonyl (C=O) groups excluding carboxylic acids is 1. The lowest BCUT2D eigenvalue weighted by Gasteiger charge is -2.31. The fraction of sp³-hybridized carbons (Fsp3) is 0.611. The zero-order chi connectivity index (χ0) is 17.6. The number of carbonyl (C=O) groups is 1. The van der Waals surface area contributed by atoms with Gasteiger partial charge in [-0.1, -0.05) is 32.8 Å². The molecule has 134 valence electrons. The summed E-state index contributed by atoms with van der Waals surface area (Å²) in [7, 11) is -3.56. The van der Waals surface area contributed by atoms with Gasteiger partial charge in [-0.05, 0) is 43.4 Å². The monoisotopic (exact) mass is 352 g/mol. The number of hydrogen-bond acceptors (Lipinski definition) is 3. The summed E-state index contributed by atoms with van der Waals surface area (Å²) >= 11 is 0. The van der Waals surface area contributed by atoms with Crippen LogP contribution in [0.2, 0.25) is 0 Å². The van der Waals surface area contributed by atoms with Crippen LogP contribution in [0.3, 0.4) is 0 Å². The molecule has 24 heavy (non-hydrogen) atoms. The summed E-state index contributed by atoms with van der Waals surface area (Å²) in [6.07, 6.45) is 5.00. The van der Waals surface area contributed by atoms with Gasteiger partial charge in [-0.2, -0.15) is 0 Å². The molecule has 1 aromatic rings. The first-order valence-electron chi connectivity index (χ1n) is 8.83. The third-order valence-corrected chi connectivity index (χ3v) is 5.87. The highest BCUT2D eigenvalue weighted by Gasteiger charge is 2.23. The highest BCUT2D eigenvalue weighted by atomic mass is 32.2. The van der Waals surface area contributed by atoms with Crippen molar-refractivity contribution >= 4 is 15.9 Å². The second-order valence-corrected chi connectivity index (χ2v) is 8.40. The van der Waals surface area contributed by atoms with E-state index in [1.165, 1.54) is 12.1 Å². The average molecular weight is 353 g/mol. The molecule has 0 saturated carbocycles. The number of unbranched alkanes of at least 4 members (excludes halogenated alkanes) is 2. The van der Waals surface area contributed by atoms with E-state index in [9.17, 15) is 13.2 Å². The third kappa shape index (κ3) is 5.05. The van der Waals surface area contributed by atoms with E-state index in [0.717, 1.165) is 45.2 Å². The fourth-order valence-corrected chi connectivity index (χ4v) is 4.14. The van der Waals surface area contributed by atoms with Crippen molar-refractivity contribution in [1.29, 1.82) is 0 Å². The zero-order valence-corrected chi connectivity index (χ0v) is 15.4. The Hall–Kier alpha value is -1.40. The van der Waals surface area contributed by atoms with E-state index in [4.69, 9.17) is 0 Å². The van der Waals surface area contributed by atoms with Crippen molar-refractivity contribution in [2.75, 3.05) is 19.6 Å². The maximum absolute atomic E-state index is 12.6. The Morgan fingerprint density at radius 1 is 1.33 bits per heavy atom. The molecule has 5 nitrogen and oxygen atoms in total. The van der Waals surface area contributed by atoms with Crippen LogP contribution < -0.4 is 4.72 Å². The fourth-order valence-electron chi connectivity index (χ4n) is 3.02. The van der Waals surface area contributed by atoms with Crippen LogP contribution in [-0.2, 0) is 10.0 Å². The smallest absolute Gasteiger partial charge is 0.253 e. The molecule has 6 heteroatoms. The number of rotatable bonds is 7. The average Bonchev–Trinajstić information content (AvgIpc) is 2.58. The van der Waals surface area contributed by atoms with Gasteiger partial charge in [0.15, 0.2) is 0 Å². The predicted octanol–water partition coefficient (Wildman–Crippen LogP) is 3.03. The van der Waals surface area contributed by atoms with Gasteiger partial charge in [-0.3, -0.25) is 4.79 Å². The number of nitrogens with zero attached hydrogens (tertiary/aromatic N) is 1. The van der Waals surface area contributed by atoms with Gasteiger partial charge in [0.25, 0.3) is 5.91 Å². The Labute approximate surface area is 145 Å². The summed E-state index contributed by atoms with van der Waals surface area (Å²) in [6, 6.07) is 6.36. The van der Waals surface area contributed by atoms with E-state index < -0.39 is 10.0 Å². The molecule has 0 aliphatic carbocycles. The van der Waals surface area contributed by atoms with Crippen LogP contribution in [0.5, 0.6) is 0 Å². The maximum atomic E-state index is 12.6. The number of amides is 1. The Morgan fingerprint density at radius 2 is 2.12 bits per heavy atom. The lowest BCUT2D eigenvalue weighted by Crippen LogP contribution is -2.39. The molecular weight excluding hydrogens is 324 g/mol. The van der Waals surface area contributed by atoms with Gasteiger partial charge in [0.05, 0.1) is 4.90 Å². The number of likely N-dealkylation sites (tertiary alicyclic amines) is 1. The first-order valence-corrected chi connectivity index (χ1v) is 10.3. The highest BCUT2D eigenvalue weighted by molar-refractivity contribution is 7.89. The summed E-state index contributed by atoms with van der Waals surface area (Å²) in [6.45, 7) is 6.13. The Kier molecular flexibility index (Phi) is 6.80. The molecule has 1 aromatic carbocycles. The van der Waals surface area contributed by atoms with Crippen LogP contribution in [-0.4, -0.2) is 38.9 Å². The lowest BCUT2D eigenvalue weighted by atomic mass is 9.99. The molecule has 0 aromatic heterocycles. The van der Waals surface area contributed by atoms with Crippen molar-refractivity contribution in [2.24, 2.45) is 5.92 Å². The molecule has 2 rings (SSSR count). The topological polar surface area (TPSA) is 66.5 Å². The minimum Gasteiger partial charge on any atom is -0.338 e. The number of benzene rings is 1. The van der Waals surface area contributed by atoms with Crippen molar-refractivity contribution in [3.8, 4) is 0 Å². The molecule has 1 atom stereocenters. The van der Waals surface area contributed by atoms with Crippen molar-refractivity contribution in [3.63, 3.8) is 0 Å². The number of nitrogens with one attached hydrogen (secondary N) is 1. The van der Waals surface area contributed by atoms with Gasteiger partial charge in [-0.25, -0.2) is 13.1 Å². The first kappa shape index (κ1) is 18.9. The molecule has 1 unspecified atom stereocenters. The third-order valence-electron chi connectivity index (χ3n) is 4.41. The molecule has 1 N–H and O–H groups in total. The molecule has 1 aliphatic heterocycles. The quantitative estimate of drug-likeness (QED) is 0.767. The second kappa shape index (κ2) is 8.62. The molecule has 1 saturated heterocycles. The van der Waals surface area contributed by atoms with Crippen LogP contribution in [0, 0.1) is 5.92 Å². The number of piperidine rings is 1. The van der Waals surface area contributed by atoms with Crippen molar-refractivity contribution in [3.05, 3.63) is 29.8 Å². The second-order valence-electron chi connectivity index (χ2n) is 6.63. The molecule has 1 fully saturated rings. The Balaban J connectivity index is 2.08. The van der Waals surface area contributed by atoms with Crippen LogP contribution in [0.4, 0.5) is 0 Å². The standard InChI is InChI=1S/C18H28N2O3S/c1-3-4-5-11-19-24(22,23)17-10-6-9-16(13-17)18(21)20-12-7-8-15(2)14-20/h6,9-10,13,15,19H,3-5,7-8,11-12,14H2,1-2H3. The van der Waals surface area contributed by atoms with E-state index in [2.05, 4.69) is 18.6 Å². The van der Waals surface area contributed by atoms with Gasteiger partial charge in [0.1, 0.15) is 0 Å². The van der Waals surface area contributed by atoms with Gasteiger partial charge in [-0.15, -0.1) is 0 Å². The van der Waals surface area contributed by atoms with Crippen LogP contribution in [0.25, 0.3) is 0 Å². The van der Waals surface area contributed by atoms with E-state index >= 15 is 0 Å². The van der Waals surface area contributed by atoms with E-state index in [-0.39, 0.29) is 10.8 Å². The SMILES string of the molecule is CCCCCNS(=O)(=O)c1cccc(C(=O)N2CCCC(C)C2)c1. The Morgan fingerprint density at radius 3 is 2.83 bits per heavy atom. The van der Waals surface area contributed by atoms with Crippen molar-refractivity contribution in [1.82, 2.24) is 9.62 Å². The maximum Gasteiger partial charge on any atom is 0.253 e. The number of sulfonamides is 1. The summed E-state index contributed by atoms with van der Waals surface area (Å²) in [5.74, 6) is 0.416. The minimum absolute atomic E-state index is 0.0791. The van der Waals surface area contributed by atoms with Gasteiger partial charge >= 0.3 is 0 Å². The van der Waals surface area contributed by atoms with Crippen LogP contribution in [0.1, 0.15) is 56.3 Å². The van der Waals surface area contributed by atoms with Gasteiger partial charge in [0, 0.05) is 25.2 Å². The van der Waals surface area contributed by atoms with E-state index in [1.807, 2.05) is 4.90 Å². The van der Waals surface area contributed by atoms with E-state index in [0.29, 0.717) is 18.0 Å². The minimum atomic E-state index is -3.56. The molecule has 1 aliphatic rings. The molecule has 1 heterocycles. The highest BCUT2D eigenvalue weighted by Crippen LogP contribution is 2.19. The number of hydrogen-bond donors (Lipinski definition) is 1. The lowest BCUT2D eigenvalue weighted by molar-refractivity contribution is 0.0683. The largest absolute Gasteiger partial charge is 0.338 e. The van der Waals surface area contributed by atoms with Crippen molar-refractivity contribution < 1.29 is 13.2 Å². The molecule has 0 bridgehead atoms. The van der Waals surface area contributed by atoms with Gasteiger partial charge < -0.3 is 4.90 Å². The van der Waals surface area contributed by atoms with Crippen LogP contribution in [0.15, 0.2) is 29.2 Å². The van der Waals surface area contributed by atoms with Crippen molar-refractivity contribution in [2.45, 2.75) is 50.8 Å². The summed E-state index contributed by atoms with van der Waals surface area (Å²) in [4.78, 5) is 14.6. The molecule has 1 amide bonds. The predicted molar refractivity (Wildman–Crippen MR) is 95.5 cm³/mol. The molecule has 0 spiro atoms. The summed E-state index contributed by atoms with van der Waals surface area (Å²) in [5.41, 5.74) is 0.445. The molecule has 0 radical (unpaired) electrons. The normalized spacial score (nSPS) is 18.6. The summed E-state index contributed by atoms with van der Waals surface area (Å²) < 4.78 is 27.3. The molecular formula is C18H28N2O3S. The zero-order valence-electron chi connectivity index (χ0n) is 14.6. The van der Waals surface area contributed by atoms with Crippen LogP contribution >= 0.6 is 0 Å². The Bertz CT molecular complexity index is 658. The summed E-state index contributed by atoms with van der Waals surface area (Å²) in [5, 5.41) is 0. The van der Waals surface area contributed by atoms with Gasteiger partial charge in [0.2, 0.25) is 10.0 Å².